The Morgan fingerprint density at radius 1 is 0.886 bits per heavy atom. The number of carbonyl (C=O) groups excluding carboxylic acids is 2. The van der Waals surface area contributed by atoms with Gasteiger partial charge in [-0.05, 0) is 37.3 Å². The van der Waals surface area contributed by atoms with Crippen molar-refractivity contribution in [2.24, 2.45) is 0 Å². The molecule has 1 aliphatic rings. The number of piperazine rings is 1. The van der Waals surface area contributed by atoms with Crippen LogP contribution in [0.3, 0.4) is 0 Å². The summed E-state index contributed by atoms with van der Waals surface area (Å²) in [4.78, 5) is 29.4. The Labute approximate surface area is 203 Å². The molecule has 0 saturated carbocycles. The molecule has 35 heavy (non-hydrogen) atoms. The topological polar surface area (TPSA) is 92.8 Å². The summed E-state index contributed by atoms with van der Waals surface area (Å²) in [5, 5.41) is 0.578. The number of para-hydroxylation sites is 1. The van der Waals surface area contributed by atoms with Crippen molar-refractivity contribution in [3.8, 4) is 0 Å². The average Bonchev–Trinajstić information content (AvgIpc) is 3.53. The van der Waals surface area contributed by atoms with E-state index in [1.807, 2.05) is 19.1 Å². The first-order chi connectivity index (χ1) is 16.8. The highest BCUT2D eigenvalue weighted by atomic mass is 32.2. The first kappa shape index (κ1) is 22.9. The summed E-state index contributed by atoms with van der Waals surface area (Å²) >= 11 is 0. The van der Waals surface area contributed by atoms with E-state index < -0.39 is 9.84 Å². The number of fused-ring (bicyclic) bond motifs is 1. The minimum atomic E-state index is -3.76. The number of nitrogens with zero attached hydrogens (tertiary/aromatic N) is 3. The molecular weight excluding hydrogens is 466 g/mol. The second-order valence-electron chi connectivity index (χ2n) is 8.61. The normalized spacial score (nSPS) is 14.4. The van der Waals surface area contributed by atoms with E-state index in [-0.39, 0.29) is 33.9 Å². The zero-order valence-corrected chi connectivity index (χ0v) is 20.1. The Balaban J connectivity index is 1.35. The van der Waals surface area contributed by atoms with Crippen molar-refractivity contribution < 1.29 is 22.4 Å². The van der Waals surface area contributed by atoms with Gasteiger partial charge in [0, 0.05) is 43.3 Å². The van der Waals surface area contributed by atoms with Gasteiger partial charge < -0.3 is 18.8 Å². The Bertz CT molecular complexity index is 1480. The second kappa shape index (κ2) is 9.07. The van der Waals surface area contributed by atoms with Crippen LogP contribution in [0.25, 0.3) is 10.9 Å². The number of aryl methyl sites for hydroxylation is 1. The summed E-state index contributed by atoms with van der Waals surface area (Å²) in [5.41, 5.74) is 1.65. The summed E-state index contributed by atoms with van der Waals surface area (Å²) in [6.07, 6.45) is 3.01. The maximum Gasteiger partial charge on any atom is 0.289 e. The molecular formula is C26H25N3O5S. The molecule has 2 aromatic heterocycles. The van der Waals surface area contributed by atoms with E-state index in [1.54, 1.807) is 69.1 Å². The number of hydrogen-bond donors (Lipinski definition) is 0. The van der Waals surface area contributed by atoms with Gasteiger partial charge in [0.1, 0.15) is 6.54 Å². The fourth-order valence-electron chi connectivity index (χ4n) is 4.36. The summed E-state index contributed by atoms with van der Waals surface area (Å²) in [5.74, 6) is -0.0366. The number of furan rings is 1. The summed E-state index contributed by atoms with van der Waals surface area (Å²) in [7, 11) is -3.76. The van der Waals surface area contributed by atoms with Gasteiger partial charge in [-0.3, -0.25) is 9.59 Å². The first-order valence-electron chi connectivity index (χ1n) is 11.3. The van der Waals surface area contributed by atoms with Gasteiger partial charge in [-0.1, -0.05) is 35.9 Å². The van der Waals surface area contributed by atoms with Crippen molar-refractivity contribution in [2.45, 2.75) is 23.3 Å². The van der Waals surface area contributed by atoms with E-state index in [9.17, 15) is 18.0 Å². The number of amides is 2. The van der Waals surface area contributed by atoms with Gasteiger partial charge in [0.05, 0.1) is 16.1 Å². The molecule has 0 bridgehead atoms. The quantitative estimate of drug-likeness (QED) is 0.427. The minimum absolute atomic E-state index is 0.00998. The SMILES string of the molecule is Cc1ccc(S(=O)(=O)c2cn(CC(=O)N3CCN(C(=O)c4ccco4)CC3)c3ccccc23)cc1. The second-order valence-corrected chi connectivity index (χ2v) is 10.5. The lowest BCUT2D eigenvalue weighted by molar-refractivity contribution is -0.133. The van der Waals surface area contributed by atoms with Gasteiger partial charge in [-0.25, -0.2) is 8.42 Å². The predicted molar refractivity (Wildman–Crippen MR) is 130 cm³/mol. The van der Waals surface area contributed by atoms with Crippen LogP contribution in [-0.2, 0) is 21.2 Å². The van der Waals surface area contributed by atoms with Crippen LogP contribution in [0.4, 0.5) is 0 Å². The van der Waals surface area contributed by atoms with Gasteiger partial charge >= 0.3 is 0 Å². The molecule has 0 radical (unpaired) electrons. The fraction of sp³-hybridized carbons (Fsp3) is 0.231. The van der Waals surface area contributed by atoms with Crippen LogP contribution in [0.2, 0.25) is 0 Å². The van der Waals surface area contributed by atoms with Gasteiger partial charge in [-0.15, -0.1) is 0 Å². The Hall–Kier alpha value is -3.85. The van der Waals surface area contributed by atoms with Gasteiger partial charge in [0.15, 0.2) is 5.76 Å². The molecule has 1 fully saturated rings. The average molecular weight is 492 g/mol. The van der Waals surface area contributed by atoms with E-state index in [0.717, 1.165) is 5.56 Å². The Morgan fingerprint density at radius 2 is 1.57 bits per heavy atom. The van der Waals surface area contributed by atoms with E-state index in [1.165, 1.54) is 6.26 Å². The standard InChI is InChI=1S/C26H25N3O5S/c1-19-8-10-20(11-9-19)35(32,33)24-17-29(22-6-3-2-5-21(22)24)18-25(30)27-12-14-28(15-13-27)26(31)23-7-4-16-34-23/h2-11,16-17H,12-15,18H2,1H3. The van der Waals surface area contributed by atoms with Crippen LogP contribution < -0.4 is 0 Å². The monoisotopic (exact) mass is 491 g/mol. The molecule has 0 unspecified atom stereocenters. The van der Waals surface area contributed by atoms with Gasteiger partial charge in [0.25, 0.3) is 5.91 Å². The smallest absolute Gasteiger partial charge is 0.289 e. The highest BCUT2D eigenvalue weighted by Gasteiger charge is 2.28. The van der Waals surface area contributed by atoms with Crippen molar-refractivity contribution >= 4 is 32.6 Å². The number of benzene rings is 2. The van der Waals surface area contributed by atoms with Crippen LogP contribution in [-0.4, -0.2) is 60.8 Å². The molecule has 2 aromatic carbocycles. The van der Waals surface area contributed by atoms with Gasteiger partial charge in [0.2, 0.25) is 15.7 Å². The van der Waals surface area contributed by atoms with E-state index in [0.29, 0.717) is 37.1 Å². The zero-order valence-electron chi connectivity index (χ0n) is 19.3. The maximum absolute atomic E-state index is 13.4. The van der Waals surface area contributed by atoms with Crippen molar-refractivity contribution in [3.63, 3.8) is 0 Å². The molecule has 1 aliphatic heterocycles. The van der Waals surface area contributed by atoms with Gasteiger partial charge in [-0.2, -0.15) is 0 Å². The highest BCUT2D eigenvalue weighted by molar-refractivity contribution is 7.91. The molecule has 9 heteroatoms. The van der Waals surface area contributed by atoms with Crippen LogP contribution in [0.5, 0.6) is 0 Å². The number of carbonyl (C=O) groups is 2. The molecule has 0 N–H and O–H groups in total. The Kier molecular flexibility index (Phi) is 5.94. The van der Waals surface area contributed by atoms with E-state index in [2.05, 4.69) is 0 Å². The van der Waals surface area contributed by atoms with Crippen molar-refractivity contribution in [1.29, 1.82) is 0 Å². The third-order valence-corrected chi connectivity index (χ3v) is 8.13. The molecule has 3 heterocycles. The lowest BCUT2D eigenvalue weighted by Crippen LogP contribution is -2.51. The predicted octanol–water partition coefficient (Wildman–Crippen LogP) is 3.36. The Morgan fingerprint density at radius 3 is 2.26 bits per heavy atom. The number of hydrogen-bond acceptors (Lipinski definition) is 5. The highest BCUT2D eigenvalue weighted by Crippen LogP contribution is 2.30. The summed E-state index contributed by atoms with van der Waals surface area (Å²) in [6, 6.07) is 17.2. The lowest BCUT2D eigenvalue weighted by Gasteiger charge is -2.34. The number of aromatic nitrogens is 1. The largest absolute Gasteiger partial charge is 0.459 e. The fourth-order valence-corrected chi connectivity index (χ4v) is 5.84. The first-order valence-corrected chi connectivity index (χ1v) is 12.8. The summed E-state index contributed by atoms with van der Waals surface area (Å²) in [6.45, 7) is 3.53. The van der Waals surface area contributed by atoms with Crippen LogP contribution in [0.1, 0.15) is 16.1 Å². The van der Waals surface area contributed by atoms with Crippen LogP contribution in [0, 0.1) is 6.92 Å². The lowest BCUT2D eigenvalue weighted by atomic mass is 10.2. The zero-order chi connectivity index (χ0) is 24.6. The molecule has 0 atom stereocenters. The maximum atomic E-state index is 13.4. The third kappa shape index (κ3) is 4.35. The van der Waals surface area contributed by atoms with Crippen molar-refractivity contribution in [2.75, 3.05) is 26.2 Å². The summed E-state index contributed by atoms with van der Waals surface area (Å²) < 4.78 is 33.7. The molecule has 1 saturated heterocycles. The van der Waals surface area contributed by atoms with Crippen LogP contribution >= 0.6 is 0 Å². The number of sulfone groups is 1. The molecule has 0 spiro atoms. The molecule has 5 rings (SSSR count). The molecule has 0 aliphatic carbocycles. The molecule has 2 amide bonds. The molecule has 4 aromatic rings. The van der Waals surface area contributed by atoms with Crippen molar-refractivity contribution in [1.82, 2.24) is 14.4 Å². The van der Waals surface area contributed by atoms with E-state index in [4.69, 9.17) is 4.42 Å². The minimum Gasteiger partial charge on any atom is -0.459 e. The third-order valence-electron chi connectivity index (χ3n) is 6.33. The molecule has 180 valence electrons. The number of rotatable bonds is 5. The van der Waals surface area contributed by atoms with Crippen LogP contribution in [0.15, 0.2) is 87.3 Å². The van der Waals surface area contributed by atoms with Crippen molar-refractivity contribution in [3.05, 3.63) is 84.4 Å². The molecule has 8 nitrogen and oxygen atoms in total. The van der Waals surface area contributed by atoms with E-state index >= 15 is 0 Å².